The van der Waals surface area contributed by atoms with Gasteiger partial charge in [0.1, 0.15) is 46.2 Å². The number of aryl methyl sites for hydroxylation is 1. The molecule has 6 N–H and O–H groups in total. The van der Waals surface area contributed by atoms with Crippen molar-refractivity contribution in [2.75, 3.05) is 43.5 Å². The molecule has 2 aromatic carbocycles. The third-order valence-corrected chi connectivity index (χ3v) is 19.2. The summed E-state index contributed by atoms with van der Waals surface area (Å²) in [6, 6.07) is 11.1. The number of pyridine rings is 1. The molecule has 3 fully saturated rings. The van der Waals surface area contributed by atoms with E-state index < -0.39 is 62.0 Å². The standard InChI is InChI=1S/C59H76N12O8S/c1-36-37(2)68-69-52(36)66-53-44-30-49(80(77,78)58(4,5)6)48(31-46(44)62-35-63-53)79-28-14-15-39-23-26-70(27-24-39)50-22-21-42(32-61-50)55(74)64-43-29-47(56(75)67-59(34-72)25-13-19-40-16-11-12-20-45(40)59)71(33-43)57(76)51(41-17-9-8-10-18-41)65-54(73)38(3)60-7/h11-13,16,20-22,25,30-32,34-35,38-39,41,43,47,51,60H,8-10,14-15,17-19,23-24,26-29,33H2,1-7H3,(H,64,74)(H,65,73)(H,67,75)(H2,62,63,66,68,69)/t38-,43-,47-,51-,59-/m0/s1. The molecule has 21 heteroatoms. The van der Waals surface area contributed by atoms with Gasteiger partial charge in [0, 0.05) is 54.6 Å². The normalized spacial score (nSPS) is 20.6. The second-order valence-electron chi connectivity index (χ2n) is 23.0. The molecule has 0 radical (unpaired) electrons. The predicted molar refractivity (Wildman–Crippen MR) is 305 cm³/mol. The Morgan fingerprint density at radius 3 is 2.41 bits per heavy atom. The molecule has 1 saturated carbocycles. The van der Waals surface area contributed by atoms with Crippen LogP contribution in [0.1, 0.15) is 125 Å². The zero-order valence-corrected chi connectivity index (χ0v) is 47.8. The average Bonchev–Trinajstić information content (AvgIpc) is 4.10. The minimum absolute atomic E-state index is 0.0153. The molecule has 0 bridgehead atoms. The van der Waals surface area contributed by atoms with E-state index in [0.29, 0.717) is 65.3 Å². The maximum absolute atomic E-state index is 14.9. The van der Waals surface area contributed by atoms with Gasteiger partial charge in [-0.3, -0.25) is 29.1 Å². The number of benzene rings is 2. The third kappa shape index (κ3) is 12.2. The number of nitrogens with one attached hydrogen (secondary N) is 6. The molecular formula is C59H76N12O8S. The first-order valence-corrected chi connectivity index (χ1v) is 29.6. The van der Waals surface area contributed by atoms with Gasteiger partial charge in [-0.1, -0.05) is 55.7 Å². The second-order valence-corrected chi connectivity index (χ2v) is 25.6. The van der Waals surface area contributed by atoms with Gasteiger partial charge in [-0.25, -0.2) is 23.4 Å². The van der Waals surface area contributed by atoms with Crippen molar-refractivity contribution >= 4 is 68.1 Å². The molecule has 2 aliphatic carbocycles. The summed E-state index contributed by atoms with van der Waals surface area (Å²) in [7, 11) is -2.17. The number of aromatic amines is 1. The summed E-state index contributed by atoms with van der Waals surface area (Å²) in [6.07, 6.45) is 15.7. The minimum Gasteiger partial charge on any atom is -0.492 e. The van der Waals surface area contributed by atoms with Crippen LogP contribution in [0.2, 0.25) is 0 Å². The number of rotatable bonds is 19. The Morgan fingerprint density at radius 1 is 0.963 bits per heavy atom. The van der Waals surface area contributed by atoms with Gasteiger partial charge in [-0.2, -0.15) is 5.10 Å². The van der Waals surface area contributed by atoms with Crippen LogP contribution in [0.4, 0.5) is 17.5 Å². The number of H-pyrrole nitrogens is 1. The molecule has 2 aliphatic heterocycles. The number of likely N-dealkylation sites (N-methyl/N-ethyl adjacent to an activating group) is 1. The van der Waals surface area contributed by atoms with E-state index in [9.17, 15) is 32.4 Å². The van der Waals surface area contributed by atoms with E-state index >= 15 is 0 Å². The SMILES string of the molecule is CN[C@@H](C)C(=O)N[C@H](C(=O)N1C[C@@H](NC(=O)c2ccc(N3CCC(CCCOc4cc5ncnc(Nc6n[nH]c(C)c6C)c5cc4S(=O)(=O)C(C)(C)C)CC3)nc2)C[C@H]1C(=O)N[C@]1(C=O)C=CCc2ccccc21)C1CCCCC1. The lowest BCUT2D eigenvalue weighted by molar-refractivity contribution is -0.143. The Hall–Kier alpha value is -7.26. The van der Waals surface area contributed by atoms with Crippen LogP contribution < -0.4 is 36.2 Å². The van der Waals surface area contributed by atoms with Gasteiger partial charge in [0.05, 0.1) is 28.5 Å². The van der Waals surface area contributed by atoms with E-state index in [1.807, 2.05) is 50.3 Å². The van der Waals surface area contributed by atoms with Crippen LogP contribution in [0.25, 0.3) is 10.9 Å². The van der Waals surface area contributed by atoms with Crippen molar-refractivity contribution in [2.45, 2.75) is 152 Å². The van der Waals surface area contributed by atoms with Crippen LogP contribution in [0, 0.1) is 25.7 Å². The van der Waals surface area contributed by atoms with E-state index in [1.54, 1.807) is 65.2 Å². The molecular weight excluding hydrogens is 1040 g/mol. The first-order chi connectivity index (χ1) is 38.3. The molecule has 4 aliphatic rings. The van der Waals surface area contributed by atoms with E-state index in [1.165, 1.54) is 11.2 Å². The quantitative estimate of drug-likeness (QED) is 0.0295. The number of ether oxygens (including phenoxy) is 1. The summed E-state index contributed by atoms with van der Waals surface area (Å²) in [6.45, 7) is 12.4. The van der Waals surface area contributed by atoms with Crippen molar-refractivity contribution in [3.05, 3.63) is 101 Å². The number of allylic oxidation sites excluding steroid dienone is 1. The summed E-state index contributed by atoms with van der Waals surface area (Å²) >= 11 is 0. The molecule has 9 rings (SSSR count). The fourth-order valence-electron chi connectivity index (χ4n) is 11.5. The number of likely N-dealkylation sites (tertiary alicyclic amines) is 1. The van der Waals surface area contributed by atoms with Gasteiger partial charge in [-0.15, -0.1) is 0 Å². The van der Waals surface area contributed by atoms with Gasteiger partial charge in [0.15, 0.2) is 21.9 Å². The second kappa shape index (κ2) is 24.2. The van der Waals surface area contributed by atoms with E-state index in [-0.39, 0.29) is 35.4 Å². The highest BCUT2D eigenvalue weighted by Crippen LogP contribution is 2.38. The van der Waals surface area contributed by atoms with Crippen LogP contribution in [-0.4, -0.2) is 131 Å². The van der Waals surface area contributed by atoms with Crippen LogP contribution in [-0.2, 0) is 41.0 Å². The number of carbonyl (C=O) groups excluding carboxylic acids is 5. The number of aromatic nitrogens is 5. The van der Waals surface area contributed by atoms with Gasteiger partial charge in [-0.05, 0) is 141 Å². The minimum atomic E-state index is -3.84. The first-order valence-electron chi connectivity index (χ1n) is 28.1. The number of carbonyl (C=O) groups is 5. The highest BCUT2D eigenvalue weighted by atomic mass is 32.2. The number of hydrogen-bond donors (Lipinski definition) is 6. The van der Waals surface area contributed by atoms with Gasteiger partial charge < -0.3 is 41.1 Å². The lowest BCUT2D eigenvalue weighted by Gasteiger charge is -2.36. The Morgan fingerprint density at radius 2 is 1.73 bits per heavy atom. The molecule has 80 heavy (non-hydrogen) atoms. The summed E-state index contributed by atoms with van der Waals surface area (Å²) in [5, 5.41) is 23.1. The lowest BCUT2D eigenvalue weighted by Crippen LogP contribution is -2.59. The monoisotopic (exact) mass is 1110 g/mol. The molecule has 2 saturated heterocycles. The largest absolute Gasteiger partial charge is 0.492 e. The topological polar surface area (TPSA) is 263 Å². The highest BCUT2D eigenvalue weighted by Gasteiger charge is 2.47. The molecule has 5 aromatic rings. The third-order valence-electron chi connectivity index (χ3n) is 16.7. The molecule has 0 unspecified atom stereocenters. The summed E-state index contributed by atoms with van der Waals surface area (Å²) in [4.78, 5) is 87.2. The fourth-order valence-corrected chi connectivity index (χ4v) is 12.8. The first kappa shape index (κ1) is 57.4. The van der Waals surface area contributed by atoms with Crippen LogP contribution >= 0.6 is 0 Å². The predicted octanol–water partition coefficient (Wildman–Crippen LogP) is 6.45. The Kier molecular flexibility index (Phi) is 17.4. The molecule has 20 nitrogen and oxygen atoms in total. The lowest BCUT2D eigenvalue weighted by atomic mass is 9.82. The Bertz CT molecular complexity index is 3240. The number of nitrogens with zero attached hydrogens (tertiary/aromatic N) is 6. The summed E-state index contributed by atoms with van der Waals surface area (Å²) in [5.74, 6) is 0.627. The van der Waals surface area contributed by atoms with Crippen molar-refractivity contribution in [2.24, 2.45) is 11.8 Å². The maximum atomic E-state index is 14.9. The van der Waals surface area contributed by atoms with Crippen LogP contribution in [0.5, 0.6) is 5.75 Å². The number of sulfone groups is 1. The van der Waals surface area contributed by atoms with Crippen LogP contribution in [0.15, 0.2) is 78.1 Å². The number of fused-ring (bicyclic) bond motifs is 2. The van der Waals surface area contributed by atoms with Gasteiger partial charge in [0.2, 0.25) is 17.7 Å². The number of piperidine rings is 1. The number of hydrogen-bond acceptors (Lipinski definition) is 15. The molecule has 3 aromatic heterocycles. The average molecular weight is 1110 g/mol. The smallest absolute Gasteiger partial charge is 0.253 e. The number of amides is 4. The van der Waals surface area contributed by atoms with Crippen LogP contribution in [0.3, 0.4) is 0 Å². The van der Waals surface area contributed by atoms with E-state index in [0.717, 1.165) is 87.1 Å². The van der Waals surface area contributed by atoms with Crippen molar-refractivity contribution in [3.8, 4) is 5.75 Å². The zero-order valence-electron chi connectivity index (χ0n) is 46.9. The fraction of sp³-hybridized carbons (Fsp3) is 0.508. The molecule has 426 valence electrons. The Labute approximate surface area is 468 Å². The number of anilines is 3. The highest BCUT2D eigenvalue weighted by molar-refractivity contribution is 7.92. The summed E-state index contributed by atoms with van der Waals surface area (Å²) < 4.78 is 33.3. The zero-order chi connectivity index (χ0) is 56.9. The van der Waals surface area contributed by atoms with E-state index in [4.69, 9.17) is 9.72 Å². The molecule has 4 amide bonds. The molecule has 0 spiro atoms. The maximum Gasteiger partial charge on any atom is 0.253 e. The van der Waals surface area contributed by atoms with Crippen molar-refractivity contribution < 1.29 is 37.1 Å². The van der Waals surface area contributed by atoms with Gasteiger partial charge in [0.25, 0.3) is 5.91 Å². The summed E-state index contributed by atoms with van der Waals surface area (Å²) in [5.41, 5.74) is 2.78. The van der Waals surface area contributed by atoms with Gasteiger partial charge >= 0.3 is 0 Å². The molecule has 5 atom stereocenters. The van der Waals surface area contributed by atoms with Crippen molar-refractivity contribution in [1.82, 2.24) is 51.3 Å². The van der Waals surface area contributed by atoms with Crippen molar-refractivity contribution in [1.29, 1.82) is 0 Å². The Balaban J connectivity index is 0.824. The number of aldehydes is 1. The molecule has 5 heterocycles. The van der Waals surface area contributed by atoms with E-state index in [2.05, 4.69) is 51.6 Å². The van der Waals surface area contributed by atoms with Crippen molar-refractivity contribution in [3.63, 3.8) is 0 Å².